The fourth-order valence-electron chi connectivity index (χ4n) is 2.70. The fourth-order valence-corrected chi connectivity index (χ4v) is 3.46. The third-order valence-electron chi connectivity index (χ3n) is 3.60. The summed E-state index contributed by atoms with van der Waals surface area (Å²) in [4.78, 5) is 5.74. The fraction of sp³-hybridized carbons (Fsp3) is 0.286. The van der Waals surface area contributed by atoms with Crippen molar-refractivity contribution in [3.8, 4) is 17.0 Å². The highest BCUT2D eigenvalue weighted by atomic mass is 32.1. The van der Waals surface area contributed by atoms with Gasteiger partial charge in [0.15, 0.2) is 0 Å². The zero-order chi connectivity index (χ0) is 13.0. The van der Waals surface area contributed by atoms with Gasteiger partial charge in [-0.3, -0.25) is 0 Å². The highest BCUT2D eigenvalue weighted by molar-refractivity contribution is 7.16. The Bertz CT molecular complexity index is 787. The van der Waals surface area contributed by atoms with Crippen LogP contribution < -0.4 is 4.74 Å². The predicted molar refractivity (Wildman–Crippen MR) is 75.0 cm³/mol. The topological polar surface area (TPSA) is 39.4 Å². The molecule has 0 spiro atoms. The zero-order valence-corrected chi connectivity index (χ0v) is 11.6. The van der Waals surface area contributed by atoms with E-state index in [1.165, 1.54) is 16.8 Å². The highest BCUT2D eigenvalue weighted by Crippen LogP contribution is 2.36. The summed E-state index contributed by atoms with van der Waals surface area (Å²) in [5, 5.41) is 5.60. The van der Waals surface area contributed by atoms with Crippen LogP contribution in [0.4, 0.5) is 0 Å². The first-order valence-electron chi connectivity index (χ1n) is 6.28. The van der Waals surface area contributed by atoms with E-state index in [9.17, 15) is 0 Å². The molecule has 4 nitrogen and oxygen atoms in total. The van der Waals surface area contributed by atoms with Gasteiger partial charge in [0.1, 0.15) is 10.8 Å². The summed E-state index contributed by atoms with van der Waals surface area (Å²) in [5.74, 6) is 0.882. The van der Waals surface area contributed by atoms with Crippen LogP contribution in [0.2, 0.25) is 0 Å². The molecule has 0 saturated carbocycles. The summed E-state index contributed by atoms with van der Waals surface area (Å²) in [6.07, 6.45) is 2.04. The highest BCUT2D eigenvalue weighted by Gasteiger charge is 2.23. The maximum absolute atomic E-state index is 5.32. The molecule has 96 valence electrons. The van der Waals surface area contributed by atoms with Gasteiger partial charge in [-0.2, -0.15) is 5.10 Å². The molecule has 0 atom stereocenters. The molecule has 2 heterocycles. The quantitative estimate of drug-likeness (QED) is 0.683. The Morgan fingerprint density at radius 1 is 1.32 bits per heavy atom. The van der Waals surface area contributed by atoms with E-state index in [4.69, 9.17) is 9.72 Å². The largest absolute Gasteiger partial charge is 0.497 e. The lowest BCUT2D eigenvalue weighted by Gasteiger charge is -2.16. The number of fused-ring (bicyclic) bond motifs is 5. The maximum atomic E-state index is 5.32. The van der Waals surface area contributed by atoms with Gasteiger partial charge in [-0.15, -0.1) is 0 Å². The molecular formula is C14H13N3OS. The van der Waals surface area contributed by atoms with Crippen molar-refractivity contribution in [3.63, 3.8) is 0 Å². The van der Waals surface area contributed by atoms with E-state index >= 15 is 0 Å². The van der Waals surface area contributed by atoms with Crippen LogP contribution in [0, 0.1) is 6.92 Å². The lowest BCUT2D eigenvalue weighted by atomic mass is 9.92. The Morgan fingerprint density at radius 3 is 3.05 bits per heavy atom. The average Bonchev–Trinajstić information content (AvgIpc) is 2.94. The normalized spacial score (nSPS) is 13.4. The second-order valence-corrected chi connectivity index (χ2v) is 5.91. The number of ether oxygens (including phenoxy) is 1. The molecule has 19 heavy (non-hydrogen) atoms. The molecule has 0 unspecified atom stereocenters. The number of aryl methyl sites for hydroxylation is 3. The summed E-state index contributed by atoms with van der Waals surface area (Å²) in [5.41, 5.74) is 4.82. The van der Waals surface area contributed by atoms with Gasteiger partial charge in [-0.05, 0) is 37.5 Å². The summed E-state index contributed by atoms with van der Waals surface area (Å²) < 4.78 is 7.32. The van der Waals surface area contributed by atoms with Gasteiger partial charge in [0.05, 0.1) is 18.5 Å². The number of hydrogen-bond acceptors (Lipinski definition) is 4. The van der Waals surface area contributed by atoms with Crippen LogP contribution in [0.1, 0.15) is 16.3 Å². The van der Waals surface area contributed by atoms with Crippen molar-refractivity contribution in [2.45, 2.75) is 19.8 Å². The van der Waals surface area contributed by atoms with Crippen LogP contribution in [0.5, 0.6) is 5.75 Å². The van der Waals surface area contributed by atoms with E-state index in [0.29, 0.717) is 0 Å². The monoisotopic (exact) mass is 271 g/mol. The van der Waals surface area contributed by atoms with E-state index in [0.717, 1.165) is 34.3 Å². The third-order valence-corrected chi connectivity index (χ3v) is 4.42. The molecule has 0 amide bonds. The molecule has 1 aliphatic carbocycles. The van der Waals surface area contributed by atoms with Crippen molar-refractivity contribution in [2.24, 2.45) is 0 Å². The Balaban J connectivity index is 2.00. The SMILES string of the molecule is COc1ccc2c(c1)-c1nc3sc(C)nn3c1CC2. The molecule has 3 aromatic rings. The molecule has 4 rings (SSSR count). The van der Waals surface area contributed by atoms with E-state index in [-0.39, 0.29) is 0 Å². The summed E-state index contributed by atoms with van der Waals surface area (Å²) in [7, 11) is 1.70. The van der Waals surface area contributed by atoms with Gasteiger partial charge in [-0.25, -0.2) is 9.50 Å². The number of nitrogens with zero attached hydrogens (tertiary/aromatic N) is 3. The van der Waals surface area contributed by atoms with E-state index in [1.54, 1.807) is 18.4 Å². The van der Waals surface area contributed by atoms with Gasteiger partial charge in [0, 0.05) is 5.56 Å². The summed E-state index contributed by atoms with van der Waals surface area (Å²) in [6, 6.07) is 6.24. The molecule has 1 aliphatic rings. The van der Waals surface area contributed by atoms with Crippen molar-refractivity contribution < 1.29 is 4.74 Å². The Hall–Kier alpha value is -1.88. The first-order chi connectivity index (χ1) is 9.26. The lowest BCUT2D eigenvalue weighted by Crippen LogP contribution is -2.06. The molecule has 0 N–H and O–H groups in total. The molecule has 0 fully saturated rings. The molecule has 0 radical (unpaired) electrons. The minimum Gasteiger partial charge on any atom is -0.497 e. The number of benzene rings is 1. The number of methoxy groups -OCH3 is 1. The molecule has 5 heteroatoms. The van der Waals surface area contributed by atoms with Crippen LogP contribution in [0.15, 0.2) is 18.2 Å². The average molecular weight is 271 g/mol. The van der Waals surface area contributed by atoms with E-state index in [2.05, 4.69) is 17.2 Å². The van der Waals surface area contributed by atoms with Crippen molar-refractivity contribution in [1.29, 1.82) is 0 Å². The minimum atomic E-state index is 0.882. The van der Waals surface area contributed by atoms with Gasteiger partial charge >= 0.3 is 0 Å². The van der Waals surface area contributed by atoms with Crippen LogP contribution in [-0.2, 0) is 12.8 Å². The Labute approximate surface area is 114 Å². The van der Waals surface area contributed by atoms with Crippen molar-refractivity contribution in [2.75, 3.05) is 7.11 Å². The number of rotatable bonds is 1. The molecule has 0 aliphatic heterocycles. The molecule has 0 saturated heterocycles. The first-order valence-corrected chi connectivity index (χ1v) is 7.10. The molecular weight excluding hydrogens is 258 g/mol. The molecule has 0 bridgehead atoms. The van der Waals surface area contributed by atoms with Crippen LogP contribution in [-0.4, -0.2) is 21.7 Å². The van der Waals surface area contributed by atoms with Gasteiger partial charge in [0.2, 0.25) is 4.96 Å². The number of imidazole rings is 1. The van der Waals surface area contributed by atoms with Crippen LogP contribution in [0.3, 0.4) is 0 Å². The summed E-state index contributed by atoms with van der Waals surface area (Å²) in [6.45, 7) is 2.02. The number of aromatic nitrogens is 3. The summed E-state index contributed by atoms with van der Waals surface area (Å²) >= 11 is 1.64. The Morgan fingerprint density at radius 2 is 2.21 bits per heavy atom. The van der Waals surface area contributed by atoms with Crippen molar-refractivity contribution in [3.05, 3.63) is 34.5 Å². The minimum absolute atomic E-state index is 0.882. The first kappa shape index (κ1) is 11.0. The molecule has 1 aromatic carbocycles. The second-order valence-electron chi connectivity index (χ2n) is 4.75. The van der Waals surface area contributed by atoms with Crippen LogP contribution >= 0.6 is 11.3 Å². The second kappa shape index (κ2) is 3.81. The van der Waals surface area contributed by atoms with E-state index < -0.39 is 0 Å². The number of hydrogen-bond donors (Lipinski definition) is 0. The van der Waals surface area contributed by atoms with Gasteiger partial charge < -0.3 is 4.74 Å². The van der Waals surface area contributed by atoms with Crippen molar-refractivity contribution in [1.82, 2.24) is 14.6 Å². The van der Waals surface area contributed by atoms with Gasteiger partial charge in [-0.1, -0.05) is 17.4 Å². The smallest absolute Gasteiger partial charge is 0.212 e. The lowest BCUT2D eigenvalue weighted by molar-refractivity contribution is 0.415. The van der Waals surface area contributed by atoms with E-state index in [1.807, 2.05) is 17.5 Å². The van der Waals surface area contributed by atoms with Crippen molar-refractivity contribution >= 4 is 16.3 Å². The molecule has 2 aromatic heterocycles. The zero-order valence-electron chi connectivity index (χ0n) is 10.8. The third kappa shape index (κ3) is 1.51. The predicted octanol–water partition coefficient (Wildman–Crippen LogP) is 2.87. The van der Waals surface area contributed by atoms with Gasteiger partial charge in [0.25, 0.3) is 0 Å². The van der Waals surface area contributed by atoms with Crippen LogP contribution in [0.25, 0.3) is 16.2 Å². The maximum Gasteiger partial charge on any atom is 0.212 e. The standard InChI is InChI=1S/C14H13N3OS/c1-8-16-17-12-6-4-9-3-5-10(18-2)7-11(9)13(12)15-14(17)19-8/h3,5,7H,4,6H2,1-2H3. The Kier molecular flexibility index (Phi) is 2.20.